The van der Waals surface area contributed by atoms with Gasteiger partial charge in [0, 0.05) is 6.42 Å². The summed E-state index contributed by atoms with van der Waals surface area (Å²) in [7, 11) is 0. The quantitative estimate of drug-likeness (QED) is 0.898. The van der Waals surface area contributed by atoms with E-state index in [4.69, 9.17) is 28.9 Å². The van der Waals surface area contributed by atoms with Crippen molar-refractivity contribution in [1.82, 2.24) is 10.2 Å². The summed E-state index contributed by atoms with van der Waals surface area (Å²) in [5.74, 6) is -0.537. The normalized spacial score (nSPS) is 10.5. The maximum absolute atomic E-state index is 11.1. The molecule has 1 heterocycles. The lowest BCUT2D eigenvalue weighted by Gasteiger charge is -2.02. The van der Waals surface area contributed by atoms with Gasteiger partial charge in [0.15, 0.2) is 0 Å². The van der Waals surface area contributed by atoms with Crippen molar-refractivity contribution in [3.8, 4) is 0 Å². The highest BCUT2D eigenvalue weighted by molar-refractivity contribution is 6.42. The molecule has 2 rings (SSSR count). The Kier molecular flexibility index (Phi) is 3.36. The van der Waals surface area contributed by atoms with Gasteiger partial charge in [-0.25, -0.2) is 0 Å². The molecule has 6 heteroatoms. The van der Waals surface area contributed by atoms with Crippen LogP contribution < -0.4 is 5.73 Å². The number of nitrogens with zero attached hydrogens (tertiary/aromatic N) is 1. The Morgan fingerprint density at radius 2 is 2.12 bits per heavy atom. The molecule has 0 fully saturated rings. The standard InChI is InChI=1S/C11H8Cl2N3O/c12-8-2-1-6(3-9(8)13)4-10-7(11(14)17)5-15-16-10/h1-5H,(H2,14,17)(H,15,16). The number of amides is 1. The van der Waals surface area contributed by atoms with Crippen LogP contribution in [0.3, 0.4) is 0 Å². The van der Waals surface area contributed by atoms with Gasteiger partial charge in [-0.1, -0.05) is 29.3 Å². The first-order valence-electron chi connectivity index (χ1n) is 4.71. The SMILES string of the molecule is NC(=O)c1cn[nH]c1[CH]c1ccc(Cl)c(Cl)c1. The Balaban J connectivity index is 2.28. The molecule has 87 valence electrons. The van der Waals surface area contributed by atoms with E-state index in [-0.39, 0.29) is 0 Å². The summed E-state index contributed by atoms with van der Waals surface area (Å²) in [4.78, 5) is 11.1. The number of halogens is 2. The maximum atomic E-state index is 11.1. The van der Waals surface area contributed by atoms with E-state index in [1.165, 1.54) is 6.20 Å². The van der Waals surface area contributed by atoms with Gasteiger partial charge in [-0.15, -0.1) is 0 Å². The number of rotatable bonds is 3. The number of aromatic amines is 1. The molecule has 0 unspecified atom stereocenters. The van der Waals surface area contributed by atoms with E-state index in [1.807, 2.05) is 0 Å². The minimum absolute atomic E-state index is 0.330. The fourth-order valence-corrected chi connectivity index (χ4v) is 1.68. The Bertz CT molecular complexity index is 566. The summed E-state index contributed by atoms with van der Waals surface area (Å²) >= 11 is 11.7. The minimum Gasteiger partial charge on any atom is -0.365 e. The summed E-state index contributed by atoms with van der Waals surface area (Å²) in [6.45, 7) is 0. The number of nitrogens with two attached hydrogens (primary N) is 1. The fraction of sp³-hybridized carbons (Fsp3) is 0. The van der Waals surface area contributed by atoms with Crippen LogP contribution in [0.1, 0.15) is 21.6 Å². The van der Waals surface area contributed by atoms with Gasteiger partial charge in [-0.3, -0.25) is 9.89 Å². The summed E-state index contributed by atoms with van der Waals surface area (Å²) in [6.07, 6.45) is 3.10. The molecule has 1 aromatic heterocycles. The number of carbonyl (C=O) groups is 1. The van der Waals surface area contributed by atoms with Crippen LogP contribution in [-0.4, -0.2) is 16.1 Å². The van der Waals surface area contributed by atoms with E-state index in [1.54, 1.807) is 24.6 Å². The highest BCUT2D eigenvalue weighted by atomic mass is 35.5. The van der Waals surface area contributed by atoms with Crippen molar-refractivity contribution in [3.05, 3.63) is 57.7 Å². The van der Waals surface area contributed by atoms with Gasteiger partial charge in [-0.2, -0.15) is 5.10 Å². The minimum atomic E-state index is -0.537. The molecular formula is C11H8Cl2N3O. The van der Waals surface area contributed by atoms with E-state index >= 15 is 0 Å². The molecule has 0 aliphatic rings. The van der Waals surface area contributed by atoms with Crippen LogP contribution in [0.5, 0.6) is 0 Å². The molecule has 17 heavy (non-hydrogen) atoms. The molecule has 2 aromatic rings. The molecule has 1 radical (unpaired) electrons. The second kappa shape index (κ2) is 4.77. The van der Waals surface area contributed by atoms with E-state index < -0.39 is 5.91 Å². The highest BCUT2D eigenvalue weighted by Gasteiger charge is 2.11. The molecule has 0 aliphatic carbocycles. The lowest BCUT2D eigenvalue weighted by atomic mass is 10.1. The van der Waals surface area contributed by atoms with Crippen molar-refractivity contribution in [1.29, 1.82) is 0 Å². The first kappa shape index (κ1) is 12.0. The zero-order chi connectivity index (χ0) is 12.4. The van der Waals surface area contributed by atoms with Crippen molar-refractivity contribution in [2.45, 2.75) is 0 Å². The van der Waals surface area contributed by atoms with Gasteiger partial charge >= 0.3 is 0 Å². The molecule has 4 nitrogen and oxygen atoms in total. The fourth-order valence-electron chi connectivity index (χ4n) is 1.37. The van der Waals surface area contributed by atoms with Gasteiger partial charge in [0.2, 0.25) is 0 Å². The zero-order valence-corrected chi connectivity index (χ0v) is 10.1. The van der Waals surface area contributed by atoms with Crippen molar-refractivity contribution < 1.29 is 4.79 Å². The monoisotopic (exact) mass is 268 g/mol. The maximum Gasteiger partial charge on any atom is 0.252 e. The second-order valence-corrected chi connectivity index (χ2v) is 4.19. The van der Waals surface area contributed by atoms with Crippen LogP contribution in [0.4, 0.5) is 0 Å². The third kappa shape index (κ3) is 2.60. The van der Waals surface area contributed by atoms with Gasteiger partial charge in [0.25, 0.3) is 5.91 Å². The molecule has 0 saturated heterocycles. The number of benzene rings is 1. The van der Waals surface area contributed by atoms with Crippen LogP contribution in [0.25, 0.3) is 0 Å². The van der Waals surface area contributed by atoms with Crippen LogP contribution in [-0.2, 0) is 0 Å². The molecule has 0 aliphatic heterocycles. The van der Waals surface area contributed by atoms with Crippen molar-refractivity contribution in [3.63, 3.8) is 0 Å². The molecule has 0 atom stereocenters. The number of aromatic nitrogens is 2. The number of H-pyrrole nitrogens is 1. The average Bonchev–Trinajstić information content (AvgIpc) is 2.72. The number of primary amides is 1. The Morgan fingerprint density at radius 1 is 1.35 bits per heavy atom. The smallest absolute Gasteiger partial charge is 0.252 e. The molecule has 0 spiro atoms. The summed E-state index contributed by atoms with van der Waals surface area (Å²) in [6, 6.07) is 5.14. The van der Waals surface area contributed by atoms with Gasteiger partial charge in [0.05, 0.1) is 27.5 Å². The van der Waals surface area contributed by atoms with Crippen LogP contribution in [0.2, 0.25) is 10.0 Å². The van der Waals surface area contributed by atoms with Gasteiger partial charge < -0.3 is 5.73 Å². The third-order valence-corrected chi connectivity index (χ3v) is 2.93. The predicted octanol–water partition coefficient (Wildman–Crippen LogP) is 2.42. The topological polar surface area (TPSA) is 71.8 Å². The number of nitrogens with one attached hydrogen (secondary N) is 1. The van der Waals surface area contributed by atoms with Crippen LogP contribution in [0, 0.1) is 6.42 Å². The Hall–Kier alpha value is -1.52. The van der Waals surface area contributed by atoms with Gasteiger partial charge in [-0.05, 0) is 17.7 Å². The number of hydrogen-bond donors (Lipinski definition) is 2. The predicted molar refractivity (Wildman–Crippen MR) is 66.1 cm³/mol. The van der Waals surface area contributed by atoms with Crippen molar-refractivity contribution >= 4 is 29.1 Å². The number of carbonyl (C=O) groups excluding carboxylic acids is 1. The Morgan fingerprint density at radius 3 is 2.76 bits per heavy atom. The highest BCUT2D eigenvalue weighted by Crippen LogP contribution is 2.24. The summed E-state index contributed by atoms with van der Waals surface area (Å²) in [5.41, 5.74) is 6.87. The average molecular weight is 269 g/mol. The van der Waals surface area contributed by atoms with E-state index in [2.05, 4.69) is 10.2 Å². The summed E-state index contributed by atoms with van der Waals surface area (Å²) < 4.78 is 0. The molecule has 1 amide bonds. The van der Waals surface area contributed by atoms with Gasteiger partial charge in [0.1, 0.15) is 0 Å². The largest absolute Gasteiger partial charge is 0.365 e. The van der Waals surface area contributed by atoms with E-state index in [0.29, 0.717) is 21.3 Å². The molecule has 3 N–H and O–H groups in total. The summed E-state index contributed by atoms with van der Waals surface area (Å²) in [5, 5.41) is 7.37. The Labute approximate surface area is 108 Å². The first-order valence-corrected chi connectivity index (χ1v) is 5.46. The molecule has 0 bridgehead atoms. The van der Waals surface area contributed by atoms with E-state index in [9.17, 15) is 4.79 Å². The lowest BCUT2D eigenvalue weighted by molar-refractivity contribution is 0.1000. The van der Waals surface area contributed by atoms with Crippen LogP contribution >= 0.6 is 23.2 Å². The van der Waals surface area contributed by atoms with Crippen molar-refractivity contribution in [2.75, 3.05) is 0 Å². The molecule has 1 aromatic carbocycles. The molecular weight excluding hydrogens is 261 g/mol. The second-order valence-electron chi connectivity index (χ2n) is 3.38. The van der Waals surface area contributed by atoms with Crippen LogP contribution in [0.15, 0.2) is 24.4 Å². The molecule has 0 saturated carbocycles. The zero-order valence-electron chi connectivity index (χ0n) is 8.58. The van der Waals surface area contributed by atoms with Crippen molar-refractivity contribution in [2.24, 2.45) is 5.73 Å². The first-order chi connectivity index (χ1) is 8.08. The lowest BCUT2D eigenvalue weighted by Crippen LogP contribution is -2.12. The van der Waals surface area contributed by atoms with E-state index in [0.717, 1.165) is 5.56 Å². The third-order valence-electron chi connectivity index (χ3n) is 2.19. The number of hydrogen-bond acceptors (Lipinski definition) is 2.